The lowest BCUT2D eigenvalue weighted by Gasteiger charge is -2.38. The minimum Gasteiger partial charge on any atom is -0.380 e. The Bertz CT molecular complexity index is 204. The van der Waals surface area contributed by atoms with Crippen LogP contribution in [-0.2, 0) is 4.74 Å². The summed E-state index contributed by atoms with van der Waals surface area (Å²) in [5, 5.41) is 3.63. The van der Waals surface area contributed by atoms with E-state index in [1.165, 1.54) is 19.4 Å². The van der Waals surface area contributed by atoms with Gasteiger partial charge < -0.3 is 10.1 Å². The van der Waals surface area contributed by atoms with Crippen molar-refractivity contribution in [1.29, 1.82) is 0 Å². The van der Waals surface area contributed by atoms with Gasteiger partial charge in [0.15, 0.2) is 0 Å². The lowest BCUT2D eigenvalue weighted by Crippen LogP contribution is -2.48. The Labute approximate surface area is 87.4 Å². The van der Waals surface area contributed by atoms with E-state index in [2.05, 4.69) is 26.1 Å². The van der Waals surface area contributed by atoms with Crippen LogP contribution in [0.1, 0.15) is 33.6 Å². The summed E-state index contributed by atoms with van der Waals surface area (Å²) in [7, 11) is 0. The molecule has 0 aromatic carbocycles. The van der Waals surface area contributed by atoms with Crippen molar-refractivity contribution >= 4 is 0 Å². The van der Waals surface area contributed by atoms with E-state index in [0.717, 1.165) is 25.7 Å². The van der Waals surface area contributed by atoms with E-state index in [1.54, 1.807) is 0 Å². The first kappa shape index (κ1) is 10.4. The molecule has 82 valence electrons. The fourth-order valence-electron chi connectivity index (χ4n) is 2.28. The van der Waals surface area contributed by atoms with Crippen molar-refractivity contribution in [1.82, 2.24) is 5.32 Å². The second kappa shape index (κ2) is 3.49. The molecule has 2 aliphatic rings. The first-order valence-corrected chi connectivity index (χ1v) is 5.85. The van der Waals surface area contributed by atoms with Gasteiger partial charge in [-0.2, -0.15) is 0 Å². The average molecular weight is 197 g/mol. The third-order valence-electron chi connectivity index (χ3n) is 4.05. The Morgan fingerprint density at radius 2 is 1.86 bits per heavy atom. The molecule has 0 radical (unpaired) electrons. The minimum absolute atomic E-state index is 0.424. The molecular formula is C12H23NO. The van der Waals surface area contributed by atoms with Crippen molar-refractivity contribution in [3.63, 3.8) is 0 Å². The predicted molar refractivity (Wildman–Crippen MR) is 58.3 cm³/mol. The van der Waals surface area contributed by atoms with Gasteiger partial charge in [0.25, 0.3) is 0 Å². The molecule has 1 aliphatic heterocycles. The van der Waals surface area contributed by atoms with Gasteiger partial charge in [-0.05, 0) is 24.2 Å². The van der Waals surface area contributed by atoms with Crippen molar-refractivity contribution in [2.24, 2.45) is 16.7 Å². The molecule has 0 unspecified atom stereocenters. The Morgan fingerprint density at radius 3 is 2.21 bits per heavy atom. The van der Waals surface area contributed by atoms with Crippen molar-refractivity contribution in [2.75, 3.05) is 26.3 Å². The van der Waals surface area contributed by atoms with E-state index in [4.69, 9.17) is 4.74 Å². The average Bonchev–Trinajstić information content (AvgIpc) is 2.82. The topological polar surface area (TPSA) is 21.3 Å². The molecule has 2 heteroatoms. The largest absolute Gasteiger partial charge is 0.380 e. The summed E-state index contributed by atoms with van der Waals surface area (Å²) in [4.78, 5) is 0. The van der Waals surface area contributed by atoms with Crippen LogP contribution in [-0.4, -0.2) is 26.3 Å². The first-order chi connectivity index (χ1) is 6.56. The number of ether oxygens (including phenoxy) is 1. The fourth-order valence-corrected chi connectivity index (χ4v) is 2.28. The van der Waals surface area contributed by atoms with Gasteiger partial charge in [-0.3, -0.25) is 0 Å². The zero-order valence-corrected chi connectivity index (χ0v) is 9.73. The Hall–Kier alpha value is -0.0800. The molecule has 1 aliphatic carbocycles. The van der Waals surface area contributed by atoms with Crippen LogP contribution in [0.5, 0.6) is 0 Å². The predicted octanol–water partition coefficient (Wildman–Crippen LogP) is 2.05. The molecule has 1 N–H and O–H groups in total. The van der Waals surface area contributed by atoms with Crippen LogP contribution in [0.15, 0.2) is 0 Å². The van der Waals surface area contributed by atoms with Crippen LogP contribution in [0.25, 0.3) is 0 Å². The molecule has 1 saturated heterocycles. The minimum atomic E-state index is 0.424. The van der Waals surface area contributed by atoms with Crippen molar-refractivity contribution in [3.8, 4) is 0 Å². The van der Waals surface area contributed by atoms with Gasteiger partial charge in [-0.1, -0.05) is 20.8 Å². The smallest absolute Gasteiger partial charge is 0.0554 e. The van der Waals surface area contributed by atoms with Crippen molar-refractivity contribution in [2.45, 2.75) is 33.6 Å². The van der Waals surface area contributed by atoms with E-state index in [0.29, 0.717) is 10.8 Å². The highest BCUT2D eigenvalue weighted by Gasteiger charge is 2.45. The summed E-state index contributed by atoms with van der Waals surface area (Å²) in [6, 6.07) is 0. The summed E-state index contributed by atoms with van der Waals surface area (Å²) in [5.41, 5.74) is 1.06. The summed E-state index contributed by atoms with van der Waals surface area (Å²) < 4.78 is 5.24. The van der Waals surface area contributed by atoms with E-state index in [1.807, 2.05) is 0 Å². The Morgan fingerprint density at radius 1 is 1.21 bits per heavy atom. The van der Waals surface area contributed by atoms with E-state index < -0.39 is 0 Å². The molecule has 2 fully saturated rings. The Balaban J connectivity index is 1.68. The highest BCUT2D eigenvalue weighted by Crippen LogP contribution is 2.51. The quantitative estimate of drug-likeness (QED) is 0.728. The molecule has 0 amide bonds. The van der Waals surface area contributed by atoms with Gasteiger partial charge in [0.1, 0.15) is 0 Å². The van der Waals surface area contributed by atoms with Crippen molar-refractivity contribution in [3.05, 3.63) is 0 Å². The van der Waals surface area contributed by atoms with Crippen molar-refractivity contribution < 1.29 is 4.74 Å². The summed E-state index contributed by atoms with van der Waals surface area (Å²) in [5.74, 6) is 0.834. The molecule has 0 spiro atoms. The van der Waals surface area contributed by atoms with Crippen LogP contribution in [0.4, 0.5) is 0 Å². The number of hydrogen-bond acceptors (Lipinski definition) is 2. The lowest BCUT2D eigenvalue weighted by molar-refractivity contribution is -0.0994. The zero-order chi connectivity index (χ0) is 10.2. The molecular weight excluding hydrogens is 174 g/mol. The van der Waals surface area contributed by atoms with Gasteiger partial charge >= 0.3 is 0 Å². The number of rotatable bonds is 5. The van der Waals surface area contributed by atoms with Crippen LogP contribution in [0.2, 0.25) is 0 Å². The summed E-state index contributed by atoms with van der Waals surface area (Å²) in [6.45, 7) is 11.2. The standard InChI is InChI=1S/C12H23NO/c1-10(2)12(4-5-12)7-13-6-11(3)8-14-9-11/h10,13H,4-9H2,1-3H3. The first-order valence-electron chi connectivity index (χ1n) is 5.85. The zero-order valence-electron chi connectivity index (χ0n) is 9.73. The molecule has 2 rings (SSSR count). The molecule has 1 heterocycles. The summed E-state index contributed by atoms with van der Waals surface area (Å²) in [6.07, 6.45) is 2.84. The third kappa shape index (κ3) is 1.96. The van der Waals surface area contributed by atoms with Gasteiger partial charge in [0.2, 0.25) is 0 Å². The second-order valence-electron chi connectivity index (χ2n) is 5.92. The fraction of sp³-hybridized carbons (Fsp3) is 1.00. The third-order valence-corrected chi connectivity index (χ3v) is 4.05. The molecule has 1 saturated carbocycles. The van der Waals surface area contributed by atoms with Crippen LogP contribution in [0.3, 0.4) is 0 Å². The normalized spacial score (nSPS) is 27.4. The van der Waals surface area contributed by atoms with Crippen LogP contribution >= 0.6 is 0 Å². The molecule has 0 aromatic heterocycles. The summed E-state index contributed by atoms with van der Waals surface area (Å²) >= 11 is 0. The van der Waals surface area contributed by atoms with E-state index in [9.17, 15) is 0 Å². The van der Waals surface area contributed by atoms with E-state index >= 15 is 0 Å². The maximum Gasteiger partial charge on any atom is 0.0554 e. The molecule has 0 bridgehead atoms. The van der Waals surface area contributed by atoms with E-state index in [-0.39, 0.29) is 0 Å². The van der Waals surface area contributed by atoms with Gasteiger partial charge in [0, 0.05) is 18.5 Å². The monoisotopic (exact) mass is 197 g/mol. The maximum atomic E-state index is 5.24. The number of hydrogen-bond donors (Lipinski definition) is 1. The second-order valence-corrected chi connectivity index (χ2v) is 5.92. The SMILES string of the molecule is CC(C)C1(CNCC2(C)COC2)CC1. The van der Waals surface area contributed by atoms with Crippen LogP contribution < -0.4 is 5.32 Å². The molecule has 2 nitrogen and oxygen atoms in total. The molecule has 0 aromatic rings. The molecule has 0 atom stereocenters. The van der Waals surface area contributed by atoms with Crippen LogP contribution in [0, 0.1) is 16.7 Å². The number of nitrogens with one attached hydrogen (secondary N) is 1. The molecule has 14 heavy (non-hydrogen) atoms. The lowest BCUT2D eigenvalue weighted by atomic mass is 9.87. The maximum absolute atomic E-state index is 5.24. The van der Waals surface area contributed by atoms with Gasteiger partial charge in [-0.15, -0.1) is 0 Å². The Kier molecular flexibility index (Phi) is 2.61. The van der Waals surface area contributed by atoms with Gasteiger partial charge in [0.05, 0.1) is 13.2 Å². The highest BCUT2D eigenvalue weighted by molar-refractivity contribution is 4.97. The van der Waals surface area contributed by atoms with Gasteiger partial charge in [-0.25, -0.2) is 0 Å². The highest BCUT2D eigenvalue weighted by atomic mass is 16.5.